The Kier molecular flexibility index (Phi) is 7.04. The third-order valence-electron chi connectivity index (χ3n) is 4.75. The molecule has 2 rings (SSSR count). The molecule has 25 heavy (non-hydrogen) atoms. The molecule has 1 aliphatic carbocycles. The van der Waals surface area contributed by atoms with Crippen LogP contribution < -0.4 is 5.32 Å². The van der Waals surface area contributed by atoms with Crippen LogP contribution in [0.25, 0.3) is 0 Å². The number of sulfone groups is 1. The monoisotopic (exact) mass is 392 g/mol. The van der Waals surface area contributed by atoms with Crippen LogP contribution in [0.2, 0.25) is 0 Å². The Morgan fingerprint density at radius 1 is 1.36 bits per heavy atom. The predicted octanol–water partition coefficient (Wildman–Crippen LogP) is 0.832. The molecule has 1 saturated heterocycles. The van der Waals surface area contributed by atoms with E-state index in [1.807, 2.05) is 0 Å². The number of carbonyl (C=O) groups is 1. The van der Waals surface area contributed by atoms with E-state index < -0.39 is 25.9 Å². The number of carbonyl (C=O) groups excluding carboxylic acids is 1. The smallest absolute Gasteiger partial charge is 0.221 e. The Hall–Kier alpha value is -0.930. The zero-order valence-electron chi connectivity index (χ0n) is 14.7. The van der Waals surface area contributed by atoms with Gasteiger partial charge in [0.2, 0.25) is 15.9 Å². The van der Waals surface area contributed by atoms with E-state index in [0.29, 0.717) is 13.0 Å². The van der Waals surface area contributed by atoms with Crippen LogP contribution in [0, 0.1) is 0 Å². The Bertz CT molecular complexity index is 713. The van der Waals surface area contributed by atoms with E-state index in [1.165, 1.54) is 22.7 Å². The Morgan fingerprint density at radius 2 is 2.12 bits per heavy atom. The number of amides is 1. The van der Waals surface area contributed by atoms with Gasteiger partial charge >= 0.3 is 0 Å². The molecule has 1 N–H and O–H groups in total. The van der Waals surface area contributed by atoms with Gasteiger partial charge in [0, 0.05) is 25.6 Å². The maximum atomic E-state index is 12.0. The van der Waals surface area contributed by atoms with E-state index in [4.69, 9.17) is 0 Å². The number of hydrogen-bond donors (Lipinski definition) is 1. The highest BCUT2D eigenvalue weighted by Gasteiger charge is 2.36. The molecule has 0 radical (unpaired) electrons. The molecule has 9 heteroatoms. The summed E-state index contributed by atoms with van der Waals surface area (Å²) < 4.78 is 48.3. The Balaban J connectivity index is 1.79. The van der Waals surface area contributed by atoms with Crippen LogP contribution in [0.1, 0.15) is 44.9 Å². The van der Waals surface area contributed by atoms with Crippen molar-refractivity contribution in [3.63, 3.8) is 0 Å². The zero-order chi connectivity index (χ0) is 18.5. The van der Waals surface area contributed by atoms with Gasteiger partial charge in [-0.1, -0.05) is 11.6 Å². The molecule has 1 atom stereocenters. The van der Waals surface area contributed by atoms with Gasteiger partial charge in [0.25, 0.3) is 0 Å². The van der Waals surface area contributed by atoms with Crippen LogP contribution in [-0.2, 0) is 24.7 Å². The maximum absolute atomic E-state index is 12.0. The normalized spacial score (nSPS) is 23.4. The summed E-state index contributed by atoms with van der Waals surface area (Å²) in [6.45, 7) is 0.578. The van der Waals surface area contributed by atoms with Gasteiger partial charge in [-0.2, -0.15) is 4.31 Å². The minimum absolute atomic E-state index is 0.00496. The van der Waals surface area contributed by atoms with Crippen LogP contribution in [0.5, 0.6) is 0 Å². The first-order valence-electron chi connectivity index (χ1n) is 8.79. The van der Waals surface area contributed by atoms with E-state index in [2.05, 4.69) is 11.4 Å². The number of nitrogens with one attached hydrogen (secondary N) is 1. The van der Waals surface area contributed by atoms with Crippen molar-refractivity contribution in [1.29, 1.82) is 0 Å². The number of hydrogen-bond acceptors (Lipinski definition) is 5. The van der Waals surface area contributed by atoms with Gasteiger partial charge in [-0.05, 0) is 38.5 Å². The van der Waals surface area contributed by atoms with E-state index in [0.717, 1.165) is 25.5 Å². The first-order valence-corrected chi connectivity index (χ1v) is 12.5. The van der Waals surface area contributed by atoms with E-state index >= 15 is 0 Å². The summed E-state index contributed by atoms with van der Waals surface area (Å²) in [7, 11) is -6.73. The molecule has 0 saturated carbocycles. The molecule has 1 heterocycles. The highest BCUT2D eigenvalue weighted by Crippen LogP contribution is 2.21. The zero-order valence-corrected chi connectivity index (χ0v) is 16.4. The summed E-state index contributed by atoms with van der Waals surface area (Å²) in [5.74, 6) is -0.355. The fourth-order valence-corrected chi connectivity index (χ4v) is 6.39. The van der Waals surface area contributed by atoms with Gasteiger partial charge in [-0.15, -0.1) is 0 Å². The second kappa shape index (κ2) is 8.64. The average molecular weight is 393 g/mol. The van der Waals surface area contributed by atoms with Crippen molar-refractivity contribution in [2.45, 2.75) is 51.0 Å². The standard InChI is InChI=1S/C16H28N2O5S2/c1-24(20,21)18(15-9-12-25(22,23)13-15)11-8-16(19)17-10-7-14-5-3-2-4-6-14/h5,15H,2-4,6-13H2,1H3,(H,17,19). The molecule has 7 nitrogen and oxygen atoms in total. The summed E-state index contributed by atoms with van der Waals surface area (Å²) in [5.41, 5.74) is 1.38. The minimum atomic E-state index is -3.55. The number of allylic oxidation sites excluding steroid dienone is 1. The lowest BCUT2D eigenvalue weighted by atomic mass is 9.97. The quantitative estimate of drug-likeness (QED) is 0.617. The topological polar surface area (TPSA) is 101 Å². The van der Waals surface area contributed by atoms with Crippen molar-refractivity contribution in [3.8, 4) is 0 Å². The lowest BCUT2D eigenvalue weighted by molar-refractivity contribution is -0.121. The number of nitrogens with zero attached hydrogens (tertiary/aromatic N) is 1. The van der Waals surface area contributed by atoms with Crippen LogP contribution >= 0.6 is 0 Å². The van der Waals surface area contributed by atoms with Gasteiger partial charge in [0.1, 0.15) is 0 Å². The van der Waals surface area contributed by atoms with E-state index in [1.54, 1.807) is 0 Å². The molecule has 0 aromatic carbocycles. The Morgan fingerprint density at radius 3 is 2.68 bits per heavy atom. The minimum Gasteiger partial charge on any atom is -0.356 e. The molecule has 144 valence electrons. The van der Waals surface area contributed by atoms with Crippen molar-refractivity contribution in [3.05, 3.63) is 11.6 Å². The third-order valence-corrected chi connectivity index (χ3v) is 7.84. The number of rotatable bonds is 8. The van der Waals surface area contributed by atoms with Crippen molar-refractivity contribution >= 4 is 25.8 Å². The highest BCUT2D eigenvalue weighted by atomic mass is 32.2. The van der Waals surface area contributed by atoms with Gasteiger partial charge < -0.3 is 5.32 Å². The number of sulfonamides is 1. The van der Waals surface area contributed by atoms with Crippen LogP contribution in [0.3, 0.4) is 0 Å². The molecule has 2 aliphatic rings. The Labute approximate surface area is 150 Å². The average Bonchev–Trinajstić information content (AvgIpc) is 2.87. The summed E-state index contributed by atoms with van der Waals surface area (Å²) in [5, 5.41) is 2.82. The predicted molar refractivity (Wildman–Crippen MR) is 97.4 cm³/mol. The van der Waals surface area contributed by atoms with Crippen molar-refractivity contribution < 1.29 is 21.6 Å². The summed E-state index contributed by atoms with van der Waals surface area (Å²) >= 11 is 0. The van der Waals surface area contributed by atoms with E-state index in [-0.39, 0.29) is 30.4 Å². The molecule has 0 aromatic heterocycles. The van der Waals surface area contributed by atoms with Gasteiger partial charge in [-0.3, -0.25) is 4.79 Å². The first-order chi connectivity index (χ1) is 11.7. The van der Waals surface area contributed by atoms with Gasteiger partial charge in [0.15, 0.2) is 9.84 Å². The van der Waals surface area contributed by atoms with Crippen LogP contribution in [0.4, 0.5) is 0 Å². The highest BCUT2D eigenvalue weighted by molar-refractivity contribution is 7.92. The van der Waals surface area contributed by atoms with Crippen LogP contribution in [-0.4, -0.2) is 63.9 Å². The van der Waals surface area contributed by atoms with Crippen molar-refractivity contribution in [2.24, 2.45) is 0 Å². The largest absolute Gasteiger partial charge is 0.356 e. The molecule has 1 unspecified atom stereocenters. The summed E-state index contributed by atoms with van der Waals surface area (Å²) in [6.07, 6.45) is 9.11. The van der Waals surface area contributed by atoms with Gasteiger partial charge in [-0.25, -0.2) is 16.8 Å². The molecule has 0 bridgehead atoms. The molecule has 0 spiro atoms. The van der Waals surface area contributed by atoms with Crippen LogP contribution in [0.15, 0.2) is 11.6 Å². The summed E-state index contributed by atoms with van der Waals surface area (Å²) in [4.78, 5) is 12.0. The molecular weight excluding hydrogens is 364 g/mol. The second-order valence-corrected chi connectivity index (χ2v) is 11.1. The van der Waals surface area contributed by atoms with Crippen molar-refractivity contribution in [2.75, 3.05) is 30.9 Å². The molecule has 1 fully saturated rings. The fourth-order valence-electron chi connectivity index (χ4n) is 3.42. The van der Waals surface area contributed by atoms with Crippen molar-refractivity contribution in [1.82, 2.24) is 9.62 Å². The lowest BCUT2D eigenvalue weighted by Crippen LogP contribution is -2.42. The maximum Gasteiger partial charge on any atom is 0.221 e. The fraction of sp³-hybridized carbons (Fsp3) is 0.812. The molecule has 1 amide bonds. The second-order valence-electron chi connectivity index (χ2n) is 6.89. The SMILES string of the molecule is CS(=O)(=O)N(CCC(=O)NCCC1=CCCCC1)C1CCS(=O)(=O)C1. The third kappa shape index (κ3) is 6.71. The molecular formula is C16H28N2O5S2. The lowest BCUT2D eigenvalue weighted by Gasteiger charge is -2.25. The van der Waals surface area contributed by atoms with E-state index in [9.17, 15) is 21.6 Å². The summed E-state index contributed by atoms with van der Waals surface area (Å²) in [6, 6.07) is -0.555. The van der Waals surface area contributed by atoms with Gasteiger partial charge in [0.05, 0.1) is 17.8 Å². The molecule has 0 aromatic rings. The molecule has 1 aliphatic heterocycles. The first kappa shape index (κ1) is 20.4.